The van der Waals surface area contributed by atoms with Gasteiger partial charge in [-0.05, 0) is 42.8 Å². The summed E-state index contributed by atoms with van der Waals surface area (Å²) in [5.41, 5.74) is 4.82. The maximum Gasteiger partial charge on any atom is 0.271 e. The lowest BCUT2D eigenvalue weighted by Gasteiger charge is -2.09. The number of terminal acetylenes is 1. The van der Waals surface area contributed by atoms with Crippen molar-refractivity contribution in [2.75, 3.05) is 13.7 Å². The Labute approximate surface area is 141 Å². The van der Waals surface area contributed by atoms with Crippen molar-refractivity contribution in [2.45, 2.75) is 6.92 Å². The quantitative estimate of drug-likeness (QED) is 0.505. The van der Waals surface area contributed by atoms with E-state index in [0.29, 0.717) is 17.1 Å². The molecule has 2 aromatic carbocycles. The summed E-state index contributed by atoms with van der Waals surface area (Å²) in [6, 6.07) is 12.6. The van der Waals surface area contributed by atoms with Crippen LogP contribution in [0.2, 0.25) is 0 Å². The smallest absolute Gasteiger partial charge is 0.271 e. The number of nitrogens with one attached hydrogen (secondary N) is 1. The van der Waals surface area contributed by atoms with Crippen molar-refractivity contribution in [1.82, 2.24) is 5.43 Å². The molecule has 0 aliphatic carbocycles. The van der Waals surface area contributed by atoms with Gasteiger partial charge in [-0.3, -0.25) is 4.79 Å². The van der Waals surface area contributed by atoms with E-state index < -0.39 is 0 Å². The van der Waals surface area contributed by atoms with Crippen LogP contribution in [0.25, 0.3) is 0 Å². The topological polar surface area (TPSA) is 59.9 Å². The van der Waals surface area contributed by atoms with Gasteiger partial charge in [-0.25, -0.2) is 5.43 Å². The summed E-state index contributed by atoms with van der Waals surface area (Å²) < 4.78 is 10.6. The minimum absolute atomic E-state index is 0.163. The van der Waals surface area contributed by atoms with Gasteiger partial charge in [0.2, 0.25) is 0 Å². The Hall–Kier alpha value is -3.26. The van der Waals surface area contributed by atoms with Crippen LogP contribution in [0.4, 0.5) is 0 Å². The Morgan fingerprint density at radius 3 is 2.83 bits per heavy atom. The van der Waals surface area contributed by atoms with Crippen LogP contribution < -0.4 is 14.9 Å². The third-order valence-electron chi connectivity index (χ3n) is 3.16. The Kier molecular flexibility index (Phi) is 5.98. The average molecular weight is 322 g/mol. The summed E-state index contributed by atoms with van der Waals surface area (Å²) in [6.07, 6.45) is 6.70. The van der Waals surface area contributed by atoms with Crippen LogP contribution in [0.15, 0.2) is 47.6 Å². The van der Waals surface area contributed by atoms with E-state index in [9.17, 15) is 4.79 Å². The first-order valence-electron chi connectivity index (χ1n) is 7.28. The SMILES string of the molecule is C#CCOc1ccc(/C=N/NC(=O)c2cccc(C)c2)cc1OC. The summed E-state index contributed by atoms with van der Waals surface area (Å²) in [6.45, 7) is 2.09. The van der Waals surface area contributed by atoms with E-state index in [1.807, 2.05) is 19.1 Å². The molecule has 0 radical (unpaired) electrons. The fourth-order valence-electron chi connectivity index (χ4n) is 2.02. The predicted molar refractivity (Wildman–Crippen MR) is 93.6 cm³/mol. The standard InChI is InChI=1S/C19H18N2O3/c1-4-10-24-17-9-8-15(12-18(17)23-3)13-20-21-19(22)16-7-5-6-14(2)11-16/h1,5-9,11-13H,10H2,2-3H3,(H,21,22)/b20-13+. The van der Waals surface area contributed by atoms with Gasteiger partial charge in [-0.1, -0.05) is 23.6 Å². The minimum atomic E-state index is -0.268. The van der Waals surface area contributed by atoms with Gasteiger partial charge in [0.05, 0.1) is 13.3 Å². The molecule has 1 amide bonds. The number of hydrazone groups is 1. The number of aryl methyl sites for hydroxylation is 1. The molecule has 122 valence electrons. The minimum Gasteiger partial charge on any atom is -0.493 e. The molecule has 0 aromatic heterocycles. The normalized spacial score (nSPS) is 10.2. The average Bonchev–Trinajstić information content (AvgIpc) is 2.60. The molecule has 0 saturated carbocycles. The summed E-state index contributed by atoms with van der Waals surface area (Å²) in [5.74, 6) is 3.22. The van der Waals surface area contributed by atoms with Gasteiger partial charge in [-0.2, -0.15) is 5.10 Å². The van der Waals surface area contributed by atoms with E-state index in [4.69, 9.17) is 15.9 Å². The van der Waals surface area contributed by atoms with Gasteiger partial charge in [0.15, 0.2) is 11.5 Å². The predicted octanol–water partition coefficient (Wildman–Crippen LogP) is 2.78. The third-order valence-corrected chi connectivity index (χ3v) is 3.16. The first-order chi connectivity index (χ1) is 11.6. The lowest BCUT2D eigenvalue weighted by atomic mass is 10.1. The Bertz CT molecular complexity index is 791. The number of benzene rings is 2. The molecule has 2 rings (SSSR count). The number of amides is 1. The van der Waals surface area contributed by atoms with Crippen LogP contribution in [0.5, 0.6) is 11.5 Å². The molecule has 0 aliphatic rings. The van der Waals surface area contributed by atoms with E-state index in [2.05, 4.69) is 16.4 Å². The number of hydrogen-bond acceptors (Lipinski definition) is 4. The van der Waals surface area contributed by atoms with E-state index >= 15 is 0 Å². The zero-order valence-electron chi connectivity index (χ0n) is 13.6. The summed E-state index contributed by atoms with van der Waals surface area (Å²) >= 11 is 0. The second kappa shape index (κ2) is 8.39. The van der Waals surface area contributed by atoms with Gasteiger partial charge >= 0.3 is 0 Å². The highest BCUT2D eigenvalue weighted by atomic mass is 16.5. The van der Waals surface area contributed by atoms with Crippen LogP contribution in [-0.2, 0) is 0 Å². The van der Waals surface area contributed by atoms with E-state index in [1.54, 1.807) is 37.4 Å². The van der Waals surface area contributed by atoms with E-state index in [-0.39, 0.29) is 12.5 Å². The molecule has 0 atom stereocenters. The van der Waals surface area contributed by atoms with Crippen molar-refractivity contribution >= 4 is 12.1 Å². The van der Waals surface area contributed by atoms with Gasteiger partial charge in [-0.15, -0.1) is 6.42 Å². The van der Waals surface area contributed by atoms with Crippen LogP contribution >= 0.6 is 0 Å². The fraction of sp³-hybridized carbons (Fsp3) is 0.158. The van der Waals surface area contributed by atoms with E-state index in [0.717, 1.165) is 11.1 Å². The Balaban J connectivity index is 2.04. The fourth-order valence-corrected chi connectivity index (χ4v) is 2.02. The molecule has 24 heavy (non-hydrogen) atoms. The zero-order chi connectivity index (χ0) is 17.4. The summed E-state index contributed by atoms with van der Waals surface area (Å²) in [7, 11) is 1.54. The Morgan fingerprint density at radius 2 is 2.12 bits per heavy atom. The van der Waals surface area contributed by atoms with Crippen LogP contribution in [0.1, 0.15) is 21.5 Å². The first-order valence-corrected chi connectivity index (χ1v) is 7.28. The molecule has 0 saturated heterocycles. The second-order valence-electron chi connectivity index (χ2n) is 4.97. The molecule has 0 aliphatic heterocycles. The van der Waals surface area contributed by atoms with Crippen molar-refractivity contribution in [3.05, 3.63) is 59.2 Å². The highest BCUT2D eigenvalue weighted by molar-refractivity contribution is 5.95. The molecule has 0 spiro atoms. The van der Waals surface area contributed by atoms with E-state index in [1.165, 1.54) is 6.21 Å². The molecule has 0 heterocycles. The van der Waals surface area contributed by atoms with Gasteiger partial charge < -0.3 is 9.47 Å². The van der Waals surface area contributed by atoms with Crippen LogP contribution in [0.3, 0.4) is 0 Å². The summed E-state index contributed by atoms with van der Waals surface area (Å²) in [5, 5.41) is 3.96. The monoisotopic (exact) mass is 322 g/mol. The number of carbonyl (C=O) groups is 1. The third kappa shape index (κ3) is 4.62. The van der Waals surface area contributed by atoms with Crippen molar-refractivity contribution in [3.63, 3.8) is 0 Å². The molecule has 5 heteroatoms. The molecule has 2 aromatic rings. The number of hydrogen-bond donors (Lipinski definition) is 1. The van der Waals surface area contributed by atoms with Gasteiger partial charge in [0, 0.05) is 5.56 Å². The van der Waals surface area contributed by atoms with Crippen LogP contribution in [0, 0.1) is 19.3 Å². The molecule has 0 bridgehead atoms. The molecule has 1 N–H and O–H groups in total. The van der Waals surface area contributed by atoms with Gasteiger partial charge in [0.25, 0.3) is 5.91 Å². The number of carbonyl (C=O) groups excluding carboxylic acids is 1. The molecular weight excluding hydrogens is 304 g/mol. The van der Waals surface area contributed by atoms with Crippen molar-refractivity contribution in [1.29, 1.82) is 0 Å². The van der Waals surface area contributed by atoms with Crippen molar-refractivity contribution in [3.8, 4) is 23.8 Å². The summed E-state index contributed by atoms with van der Waals surface area (Å²) in [4.78, 5) is 12.0. The molecule has 5 nitrogen and oxygen atoms in total. The number of methoxy groups -OCH3 is 1. The van der Waals surface area contributed by atoms with Crippen LogP contribution in [-0.4, -0.2) is 25.8 Å². The second-order valence-corrected chi connectivity index (χ2v) is 4.97. The Morgan fingerprint density at radius 1 is 1.29 bits per heavy atom. The molecule has 0 unspecified atom stereocenters. The lowest BCUT2D eigenvalue weighted by Crippen LogP contribution is -2.17. The first kappa shape index (κ1) is 17.1. The highest BCUT2D eigenvalue weighted by Crippen LogP contribution is 2.27. The lowest BCUT2D eigenvalue weighted by molar-refractivity contribution is 0.0955. The van der Waals surface area contributed by atoms with Crippen molar-refractivity contribution in [2.24, 2.45) is 5.10 Å². The van der Waals surface area contributed by atoms with Gasteiger partial charge in [0.1, 0.15) is 6.61 Å². The highest BCUT2D eigenvalue weighted by Gasteiger charge is 2.05. The maximum atomic E-state index is 12.0. The maximum absolute atomic E-state index is 12.0. The molecular formula is C19H18N2O3. The number of nitrogens with zero attached hydrogens (tertiary/aromatic N) is 1. The number of ether oxygens (including phenoxy) is 2. The van der Waals surface area contributed by atoms with Crippen molar-refractivity contribution < 1.29 is 14.3 Å². The largest absolute Gasteiger partial charge is 0.493 e. The zero-order valence-corrected chi connectivity index (χ0v) is 13.6. The number of rotatable bonds is 6. The molecule has 0 fully saturated rings.